The van der Waals surface area contributed by atoms with E-state index < -0.39 is 0 Å². The summed E-state index contributed by atoms with van der Waals surface area (Å²) in [6.07, 6.45) is 4.24. The van der Waals surface area contributed by atoms with Crippen LogP contribution in [0, 0.1) is 13.8 Å². The fourth-order valence-electron chi connectivity index (χ4n) is 1.94. The van der Waals surface area contributed by atoms with E-state index in [2.05, 4.69) is 66.2 Å². The van der Waals surface area contributed by atoms with E-state index in [-0.39, 0.29) is 0 Å². The van der Waals surface area contributed by atoms with Gasteiger partial charge in [-0.15, -0.1) is 0 Å². The van der Waals surface area contributed by atoms with Gasteiger partial charge in [-0.25, -0.2) is 0 Å². The first-order valence-corrected chi connectivity index (χ1v) is 6.30. The van der Waals surface area contributed by atoms with Crippen molar-refractivity contribution in [3.05, 3.63) is 53.1 Å². The van der Waals surface area contributed by atoms with Crippen LogP contribution in [0.5, 0.6) is 0 Å². The van der Waals surface area contributed by atoms with Gasteiger partial charge in [0.05, 0.1) is 0 Å². The number of hydrogen-bond donors (Lipinski definition) is 0. The van der Waals surface area contributed by atoms with Crippen molar-refractivity contribution in [1.82, 2.24) is 0 Å². The van der Waals surface area contributed by atoms with Crippen molar-refractivity contribution in [2.24, 2.45) is 0 Å². The third-order valence-electron chi connectivity index (χ3n) is 2.89. The Kier molecular flexibility index (Phi) is 3.39. The molecule has 0 amide bonds. The lowest BCUT2D eigenvalue weighted by atomic mass is 10.00. The SMILES string of the molecule is CC(=[Si])/C=C\c1cc2cc(C)ccc2cc1C. The average Bonchev–Trinajstić information content (AvgIpc) is 2.26. The van der Waals surface area contributed by atoms with Gasteiger partial charge in [0.15, 0.2) is 0 Å². The third kappa shape index (κ3) is 2.80. The molecule has 2 aromatic carbocycles. The van der Waals surface area contributed by atoms with E-state index in [9.17, 15) is 0 Å². The first kappa shape index (κ1) is 12.0. The van der Waals surface area contributed by atoms with Crippen LogP contribution in [0.3, 0.4) is 0 Å². The molecule has 0 aliphatic heterocycles. The summed E-state index contributed by atoms with van der Waals surface area (Å²) in [4.78, 5) is 0. The molecule has 2 aromatic rings. The maximum atomic E-state index is 3.50. The lowest BCUT2D eigenvalue weighted by Crippen LogP contribution is -1.86. The van der Waals surface area contributed by atoms with Gasteiger partial charge in [0.25, 0.3) is 0 Å². The maximum absolute atomic E-state index is 3.50. The molecule has 0 heterocycles. The second-order valence-corrected chi connectivity index (χ2v) is 5.36. The molecule has 1 heteroatoms. The summed E-state index contributed by atoms with van der Waals surface area (Å²) in [5.74, 6) is 0. The average molecular weight is 236 g/mol. The van der Waals surface area contributed by atoms with Gasteiger partial charge >= 0.3 is 0 Å². The van der Waals surface area contributed by atoms with Crippen LogP contribution in [0.1, 0.15) is 23.6 Å². The molecule has 0 spiro atoms. The number of allylic oxidation sites excluding steroid dienone is 1. The van der Waals surface area contributed by atoms with Gasteiger partial charge < -0.3 is 0 Å². The minimum Gasteiger partial charge on any atom is -0.0702 e. The smallest absolute Gasteiger partial charge is 0.0339 e. The molecule has 0 aliphatic rings. The lowest BCUT2D eigenvalue weighted by molar-refractivity contribution is 1.45. The number of hydrogen-bond acceptors (Lipinski definition) is 0. The summed E-state index contributed by atoms with van der Waals surface area (Å²) in [6, 6.07) is 11.1. The molecule has 17 heavy (non-hydrogen) atoms. The largest absolute Gasteiger partial charge is 0.0702 e. The van der Waals surface area contributed by atoms with Crippen molar-refractivity contribution in [3.8, 4) is 0 Å². The molecule has 0 bridgehead atoms. The molecule has 0 nitrogen and oxygen atoms in total. The van der Waals surface area contributed by atoms with Crippen molar-refractivity contribution < 1.29 is 0 Å². The molecule has 2 radical (unpaired) electrons. The number of fused-ring (bicyclic) bond motifs is 1. The van der Waals surface area contributed by atoms with Crippen LogP contribution in [0.25, 0.3) is 16.8 Å². The van der Waals surface area contributed by atoms with E-state index in [0.717, 1.165) is 5.17 Å². The number of rotatable bonds is 2. The number of benzene rings is 2. The normalized spacial score (nSPS) is 11.2. The molecule has 0 saturated heterocycles. The van der Waals surface area contributed by atoms with Crippen LogP contribution in [-0.4, -0.2) is 15.0 Å². The van der Waals surface area contributed by atoms with E-state index in [1.165, 1.54) is 27.5 Å². The highest BCUT2D eigenvalue weighted by Gasteiger charge is 1.99. The zero-order valence-electron chi connectivity index (χ0n) is 10.5. The van der Waals surface area contributed by atoms with Gasteiger partial charge in [-0.3, -0.25) is 0 Å². The molecule has 84 valence electrons. The molecule has 0 aromatic heterocycles. The highest BCUT2D eigenvalue weighted by Crippen LogP contribution is 2.22. The number of aryl methyl sites for hydroxylation is 2. The fourth-order valence-corrected chi connectivity index (χ4v) is 2.03. The zero-order valence-corrected chi connectivity index (χ0v) is 11.5. The van der Waals surface area contributed by atoms with E-state index in [4.69, 9.17) is 0 Å². The zero-order chi connectivity index (χ0) is 12.4. The van der Waals surface area contributed by atoms with Crippen LogP contribution in [0.15, 0.2) is 36.4 Å². The van der Waals surface area contributed by atoms with Crippen molar-refractivity contribution in [3.63, 3.8) is 0 Å². The van der Waals surface area contributed by atoms with Gasteiger partial charge in [0.1, 0.15) is 0 Å². The van der Waals surface area contributed by atoms with Gasteiger partial charge in [-0.2, -0.15) is 0 Å². The lowest BCUT2D eigenvalue weighted by Gasteiger charge is -2.05. The van der Waals surface area contributed by atoms with Crippen LogP contribution in [-0.2, 0) is 0 Å². The van der Waals surface area contributed by atoms with Gasteiger partial charge in [0.2, 0.25) is 0 Å². The van der Waals surface area contributed by atoms with E-state index in [1.54, 1.807) is 0 Å². The predicted molar refractivity (Wildman–Crippen MR) is 78.9 cm³/mol. The molecular weight excluding hydrogens is 220 g/mol. The molecule has 0 unspecified atom stereocenters. The molecular formula is C16H16Si. The Morgan fingerprint density at radius 2 is 1.82 bits per heavy atom. The quantitative estimate of drug-likeness (QED) is 0.695. The molecule has 2 rings (SSSR count). The molecule has 0 N–H and O–H groups in total. The molecule has 0 saturated carbocycles. The van der Waals surface area contributed by atoms with Gasteiger partial charge in [-0.1, -0.05) is 47.1 Å². The van der Waals surface area contributed by atoms with Crippen LogP contribution in [0.4, 0.5) is 0 Å². The Labute approximate surface area is 106 Å². The van der Waals surface area contributed by atoms with E-state index >= 15 is 0 Å². The van der Waals surface area contributed by atoms with Gasteiger partial charge in [0, 0.05) is 9.85 Å². The Bertz CT molecular complexity index is 606. The fraction of sp³-hybridized carbons (Fsp3) is 0.188. The Morgan fingerprint density at radius 3 is 2.53 bits per heavy atom. The van der Waals surface area contributed by atoms with Crippen LogP contribution in [0.2, 0.25) is 0 Å². The third-order valence-corrected chi connectivity index (χ3v) is 3.06. The Morgan fingerprint density at radius 1 is 1.06 bits per heavy atom. The van der Waals surface area contributed by atoms with Crippen LogP contribution < -0.4 is 0 Å². The summed E-state index contributed by atoms with van der Waals surface area (Å²) in [7, 11) is 3.50. The highest BCUT2D eigenvalue weighted by molar-refractivity contribution is 6.41. The summed E-state index contributed by atoms with van der Waals surface area (Å²) >= 11 is 0. The first-order chi connectivity index (χ1) is 8.06. The second-order valence-electron chi connectivity index (χ2n) is 4.58. The van der Waals surface area contributed by atoms with Crippen LogP contribution >= 0.6 is 0 Å². The summed E-state index contributed by atoms with van der Waals surface area (Å²) in [6.45, 7) is 6.32. The first-order valence-electron chi connectivity index (χ1n) is 5.80. The molecule has 0 atom stereocenters. The second kappa shape index (κ2) is 4.80. The molecule has 0 fully saturated rings. The standard InChI is InChI=1S/C16H16Si/c1-11-4-6-15-9-12(2)14(7-5-13(3)17)10-16(15)8-11/h4-10H,1-3H3/b7-5-. The van der Waals surface area contributed by atoms with Crippen molar-refractivity contribution in [1.29, 1.82) is 0 Å². The van der Waals surface area contributed by atoms with Crippen molar-refractivity contribution >= 4 is 31.9 Å². The minimum atomic E-state index is 1.13. The Balaban J connectivity index is 2.57. The summed E-state index contributed by atoms with van der Waals surface area (Å²) < 4.78 is 0. The Hall–Kier alpha value is -1.47. The van der Waals surface area contributed by atoms with Gasteiger partial charge in [-0.05, 0) is 48.7 Å². The summed E-state index contributed by atoms with van der Waals surface area (Å²) in [5, 5.41) is 3.75. The van der Waals surface area contributed by atoms with Crippen molar-refractivity contribution in [2.75, 3.05) is 0 Å². The highest BCUT2D eigenvalue weighted by atomic mass is 28.1. The van der Waals surface area contributed by atoms with E-state index in [1.807, 2.05) is 6.92 Å². The maximum Gasteiger partial charge on any atom is 0.0339 e. The predicted octanol–water partition coefficient (Wildman–Crippen LogP) is 3.83. The topological polar surface area (TPSA) is 0 Å². The minimum absolute atomic E-state index is 1.13. The molecule has 0 aliphatic carbocycles. The van der Waals surface area contributed by atoms with Crippen molar-refractivity contribution in [2.45, 2.75) is 20.8 Å². The monoisotopic (exact) mass is 236 g/mol. The summed E-state index contributed by atoms with van der Waals surface area (Å²) in [5.41, 5.74) is 3.89. The van der Waals surface area contributed by atoms with E-state index in [0.29, 0.717) is 0 Å².